The van der Waals surface area contributed by atoms with E-state index in [1.807, 2.05) is 0 Å². The van der Waals surface area contributed by atoms with Crippen LogP contribution in [0.3, 0.4) is 0 Å². The van der Waals surface area contributed by atoms with E-state index in [-0.39, 0.29) is 12.5 Å². The van der Waals surface area contributed by atoms with Crippen molar-refractivity contribution in [3.63, 3.8) is 0 Å². The van der Waals surface area contributed by atoms with E-state index in [1.165, 1.54) is 0 Å². The second-order valence-electron chi connectivity index (χ2n) is 7.65. The maximum absolute atomic E-state index is 13.3. The molecule has 0 saturated carbocycles. The Labute approximate surface area is 190 Å². The Morgan fingerprint density at radius 3 is 2.40 bits per heavy atom. The zero-order valence-corrected chi connectivity index (χ0v) is 18.6. The zero-order valence-electron chi connectivity index (χ0n) is 16.3. The third-order valence-electron chi connectivity index (χ3n) is 5.59. The Bertz CT molecular complexity index is 990. The number of amides is 2. The smallest absolute Gasteiger partial charge is 0.259 e. The third-order valence-corrected chi connectivity index (χ3v) is 6.35. The number of hydrogen-bond donors (Lipinski definition) is 2. The molecule has 0 aromatic heterocycles. The fourth-order valence-electron chi connectivity index (χ4n) is 4.01. The molecule has 4 rings (SSSR count). The van der Waals surface area contributed by atoms with Crippen molar-refractivity contribution in [2.75, 3.05) is 45.1 Å². The fraction of sp³-hybridized carbons (Fsp3) is 0.333. The molecule has 0 bridgehead atoms. The number of rotatable bonds is 4. The Hall–Kier alpha value is -1.83. The number of likely N-dealkylation sites (N-methyl/N-ethyl adjacent to an activating group) is 1. The van der Waals surface area contributed by atoms with Crippen molar-refractivity contribution in [3.05, 3.63) is 62.6 Å². The summed E-state index contributed by atoms with van der Waals surface area (Å²) in [7, 11) is 2.06. The molecule has 158 valence electrons. The lowest BCUT2D eigenvalue weighted by Crippen LogP contribution is -2.55. The second kappa shape index (κ2) is 8.36. The maximum Gasteiger partial charge on any atom is 0.259 e. The Kier molecular flexibility index (Phi) is 5.97. The van der Waals surface area contributed by atoms with Crippen molar-refractivity contribution in [2.45, 2.75) is 5.54 Å². The molecule has 1 fully saturated rings. The monoisotopic (exact) mass is 466 g/mol. The predicted molar refractivity (Wildman–Crippen MR) is 119 cm³/mol. The minimum atomic E-state index is -1.47. The second-order valence-corrected chi connectivity index (χ2v) is 8.93. The molecule has 2 N–H and O–H groups in total. The average molecular weight is 468 g/mol. The number of nitrogens with one attached hydrogen (secondary N) is 2. The van der Waals surface area contributed by atoms with Crippen LogP contribution in [0.25, 0.3) is 0 Å². The molecule has 1 unspecified atom stereocenters. The van der Waals surface area contributed by atoms with E-state index in [4.69, 9.17) is 34.8 Å². The van der Waals surface area contributed by atoms with Gasteiger partial charge < -0.3 is 15.5 Å². The van der Waals surface area contributed by atoms with E-state index in [0.29, 0.717) is 31.9 Å². The summed E-state index contributed by atoms with van der Waals surface area (Å²) in [5.41, 5.74) is 0.0599. The van der Waals surface area contributed by atoms with E-state index in [0.717, 1.165) is 26.2 Å². The first kappa shape index (κ1) is 21.4. The van der Waals surface area contributed by atoms with Crippen LogP contribution in [0.15, 0.2) is 36.4 Å². The third kappa shape index (κ3) is 3.90. The van der Waals surface area contributed by atoms with Crippen molar-refractivity contribution < 1.29 is 9.59 Å². The van der Waals surface area contributed by atoms with E-state index in [2.05, 4.69) is 27.5 Å². The first-order chi connectivity index (χ1) is 14.3. The fourth-order valence-corrected chi connectivity index (χ4v) is 4.77. The highest BCUT2D eigenvalue weighted by Gasteiger charge is 2.51. The van der Waals surface area contributed by atoms with Crippen LogP contribution < -0.4 is 10.6 Å². The molecule has 1 saturated heterocycles. The molecule has 1 atom stereocenters. The molecule has 30 heavy (non-hydrogen) atoms. The van der Waals surface area contributed by atoms with Crippen LogP contribution in [0.5, 0.6) is 0 Å². The topological polar surface area (TPSA) is 64.7 Å². The van der Waals surface area contributed by atoms with E-state index in [1.54, 1.807) is 36.4 Å². The summed E-state index contributed by atoms with van der Waals surface area (Å²) in [6.45, 7) is 3.55. The lowest BCUT2D eigenvalue weighted by atomic mass is 9.83. The Balaban J connectivity index is 1.73. The van der Waals surface area contributed by atoms with Gasteiger partial charge >= 0.3 is 0 Å². The first-order valence-electron chi connectivity index (χ1n) is 9.58. The SMILES string of the molecule is CN1CCN(CC(=O)NC2(c3ccc(Cl)cc3)C(=O)Nc3cc(Cl)cc(Cl)c32)CC1. The Morgan fingerprint density at radius 2 is 1.73 bits per heavy atom. The molecule has 0 aliphatic carbocycles. The molecule has 9 heteroatoms. The van der Waals surface area contributed by atoms with Crippen molar-refractivity contribution in [3.8, 4) is 0 Å². The van der Waals surface area contributed by atoms with E-state index in [9.17, 15) is 9.59 Å². The summed E-state index contributed by atoms with van der Waals surface area (Å²) >= 11 is 18.7. The number of carbonyl (C=O) groups is 2. The first-order valence-corrected chi connectivity index (χ1v) is 10.7. The van der Waals surface area contributed by atoms with Gasteiger partial charge in [-0.15, -0.1) is 0 Å². The zero-order chi connectivity index (χ0) is 21.5. The van der Waals surface area contributed by atoms with E-state index >= 15 is 0 Å². The maximum atomic E-state index is 13.3. The summed E-state index contributed by atoms with van der Waals surface area (Å²) in [6, 6.07) is 10.0. The van der Waals surface area contributed by atoms with Crippen LogP contribution in [0.4, 0.5) is 5.69 Å². The molecule has 2 heterocycles. The number of benzene rings is 2. The largest absolute Gasteiger partial charge is 0.333 e. The van der Waals surface area contributed by atoms with Crippen molar-refractivity contribution in [1.82, 2.24) is 15.1 Å². The molecule has 2 aliphatic heterocycles. The summed E-state index contributed by atoms with van der Waals surface area (Å²) in [6.07, 6.45) is 0. The van der Waals surface area contributed by atoms with Gasteiger partial charge in [-0.2, -0.15) is 0 Å². The lowest BCUT2D eigenvalue weighted by Gasteiger charge is -2.34. The van der Waals surface area contributed by atoms with Gasteiger partial charge in [-0.05, 0) is 36.9 Å². The highest BCUT2D eigenvalue weighted by atomic mass is 35.5. The highest BCUT2D eigenvalue weighted by molar-refractivity contribution is 6.37. The van der Waals surface area contributed by atoms with Crippen LogP contribution in [-0.4, -0.2) is 61.4 Å². The quantitative estimate of drug-likeness (QED) is 0.725. The van der Waals surface area contributed by atoms with E-state index < -0.39 is 11.4 Å². The van der Waals surface area contributed by atoms with Crippen LogP contribution in [0.2, 0.25) is 15.1 Å². The van der Waals surface area contributed by atoms with Crippen molar-refractivity contribution in [1.29, 1.82) is 0 Å². The molecule has 0 spiro atoms. The van der Waals surface area contributed by atoms with Gasteiger partial charge in [0.05, 0.1) is 17.3 Å². The summed E-state index contributed by atoms with van der Waals surface area (Å²) in [5, 5.41) is 7.02. The van der Waals surface area contributed by atoms with Gasteiger partial charge in [0.15, 0.2) is 5.54 Å². The normalized spacial score (nSPS) is 21.9. The van der Waals surface area contributed by atoms with Crippen LogP contribution in [-0.2, 0) is 15.1 Å². The van der Waals surface area contributed by atoms with Crippen molar-refractivity contribution >= 4 is 52.3 Å². The number of fused-ring (bicyclic) bond motifs is 1. The minimum absolute atomic E-state index is 0.191. The number of nitrogens with zero attached hydrogens (tertiary/aromatic N) is 2. The van der Waals surface area contributed by atoms with Crippen LogP contribution in [0, 0.1) is 0 Å². The molecular formula is C21H21Cl3N4O2. The van der Waals surface area contributed by atoms with Crippen LogP contribution >= 0.6 is 34.8 Å². The minimum Gasteiger partial charge on any atom is -0.333 e. The summed E-state index contributed by atoms with van der Waals surface area (Å²) < 4.78 is 0. The van der Waals surface area contributed by atoms with Crippen molar-refractivity contribution in [2.24, 2.45) is 0 Å². The number of piperazine rings is 1. The molecule has 6 nitrogen and oxygen atoms in total. The highest BCUT2D eigenvalue weighted by Crippen LogP contribution is 2.46. The average Bonchev–Trinajstić information content (AvgIpc) is 2.96. The standard InChI is InChI=1S/C21H21Cl3N4O2/c1-27-6-8-28(9-7-27)12-18(29)26-21(13-2-4-14(22)5-3-13)19-16(24)10-15(23)11-17(19)25-20(21)30/h2-5,10-11H,6-9,12H2,1H3,(H,25,30)(H,26,29). The number of anilines is 1. The van der Waals surface area contributed by atoms with Crippen LogP contribution in [0.1, 0.15) is 11.1 Å². The lowest BCUT2D eigenvalue weighted by molar-refractivity contribution is -0.129. The summed E-state index contributed by atoms with van der Waals surface area (Å²) in [4.78, 5) is 30.7. The molecule has 2 aliphatic rings. The van der Waals surface area contributed by atoms with Gasteiger partial charge in [-0.3, -0.25) is 14.5 Å². The van der Waals surface area contributed by atoms with Gasteiger partial charge in [0.25, 0.3) is 5.91 Å². The van der Waals surface area contributed by atoms with Gasteiger partial charge in [0.2, 0.25) is 5.91 Å². The van der Waals surface area contributed by atoms with Gasteiger partial charge in [0.1, 0.15) is 0 Å². The van der Waals surface area contributed by atoms with Gasteiger partial charge in [-0.25, -0.2) is 0 Å². The van der Waals surface area contributed by atoms with Gasteiger partial charge in [0, 0.05) is 41.8 Å². The summed E-state index contributed by atoms with van der Waals surface area (Å²) in [5.74, 6) is -0.653. The Morgan fingerprint density at radius 1 is 1.07 bits per heavy atom. The molecule has 2 aromatic rings. The van der Waals surface area contributed by atoms with Gasteiger partial charge in [-0.1, -0.05) is 46.9 Å². The molecule has 0 radical (unpaired) electrons. The number of carbonyl (C=O) groups excluding carboxylic acids is 2. The number of hydrogen-bond acceptors (Lipinski definition) is 4. The molecular weight excluding hydrogens is 447 g/mol. The molecule has 2 amide bonds. The number of halogens is 3. The molecule has 2 aromatic carbocycles. The predicted octanol–water partition coefficient (Wildman–Crippen LogP) is 3.21.